The predicted molar refractivity (Wildman–Crippen MR) is 135 cm³/mol. The number of aryl methyl sites for hydroxylation is 1. The highest BCUT2D eigenvalue weighted by Crippen LogP contribution is 2.29. The highest BCUT2D eigenvalue weighted by molar-refractivity contribution is 7.09. The maximum atomic E-state index is 13.9. The molecule has 11 heteroatoms. The standard InChI is InChI=1S/C24H34N6O4S/c1-15-5-7-16(8-6-15)19(22(32)27-24(2,3)4)30(10-9-29-11-13-34-14-12-29)23(33)20-17(25)18(21(26)31)28-35-20/h5-8,19H,9-14,25H2,1-4H3,(H2,26,31)(H,27,32). The summed E-state index contributed by atoms with van der Waals surface area (Å²) in [4.78, 5) is 43.0. The van der Waals surface area contributed by atoms with Crippen LogP contribution in [0, 0.1) is 6.92 Å². The van der Waals surface area contributed by atoms with Crippen molar-refractivity contribution in [3.8, 4) is 0 Å². The molecule has 0 saturated carbocycles. The van der Waals surface area contributed by atoms with Crippen molar-refractivity contribution in [1.82, 2.24) is 19.5 Å². The van der Waals surface area contributed by atoms with Crippen LogP contribution in [0.1, 0.15) is 58.1 Å². The smallest absolute Gasteiger partial charge is 0.270 e. The highest BCUT2D eigenvalue weighted by Gasteiger charge is 2.36. The van der Waals surface area contributed by atoms with Gasteiger partial charge in [-0.2, -0.15) is 4.37 Å². The van der Waals surface area contributed by atoms with Crippen LogP contribution in [0.15, 0.2) is 24.3 Å². The molecule has 1 unspecified atom stereocenters. The van der Waals surface area contributed by atoms with E-state index in [-0.39, 0.29) is 28.7 Å². The van der Waals surface area contributed by atoms with Crippen molar-refractivity contribution in [2.45, 2.75) is 39.3 Å². The Morgan fingerprint density at radius 1 is 1.20 bits per heavy atom. The van der Waals surface area contributed by atoms with Gasteiger partial charge in [-0.25, -0.2) is 0 Å². The monoisotopic (exact) mass is 502 g/mol. The molecule has 190 valence electrons. The number of benzene rings is 1. The lowest BCUT2D eigenvalue weighted by atomic mass is 10.00. The summed E-state index contributed by atoms with van der Waals surface area (Å²) in [7, 11) is 0. The van der Waals surface area contributed by atoms with Crippen LogP contribution in [-0.4, -0.2) is 76.8 Å². The molecule has 1 aromatic carbocycles. The SMILES string of the molecule is Cc1ccc(C(C(=O)NC(C)(C)C)N(CCN2CCOCC2)C(=O)c2snc(C(N)=O)c2N)cc1. The molecule has 5 N–H and O–H groups in total. The van der Waals surface area contributed by atoms with Gasteiger partial charge in [-0.1, -0.05) is 29.8 Å². The van der Waals surface area contributed by atoms with Gasteiger partial charge in [-0.15, -0.1) is 0 Å². The van der Waals surface area contributed by atoms with Crippen LogP contribution in [0.2, 0.25) is 0 Å². The van der Waals surface area contributed by atoms with Crippen molar-refractivity contribution in [3.05, 3.63) is 46.0 Å². The molecule has 2 heterocycles. The number of nitrogens with one attached hydrogen (secondary N) is 1. The molecule has 3 amide bonds. The van der Waals surface area contributed by atoms with Gasteiger partial charge in [0, 0.05) is 31.7 Å². The van der Waals surface area contributed by atoms with E-state index in [4.69, 9.17) is 16.2 Å². The maximum absolute atomic E-state index is 13.9. The molecule has 1 aliphatic rings. The molecule has 0 aliphatic carbocycles. The summed E-state index contributed by atoms with van der Waals surface area (Å²) in [6.07, 6.45) is 0. The summed E-state index contributed by atoms with van der Waals surface area (Å²) in [6.45, 7) is 11.1. The second-order valence-corrected chi connectivity index (χ2v) is 10.4. The average Bonchev–Trinajstić information content (AvgIpc) is 3.18. The van der Waals surface area contributed by atoms with Crippen molar-refractivity contribution in [3.63, 3.8) is 0 Å². The van der Waals surface area contributed by atoms with Gasteiger partial charge >= 0.3 is 0 Å². The molecule has 0 bridgehead atoms. The number of rotatable bonds is 8. The van der Waals surface area contributed by atoms with E-state index in [9.17, 15) is 14.4 Å². The fourth-order valence-electron chi connectivity index (χ4n) is 3.84. The van der Waals surface area contributed by atoms with Gasteiger partial charge in [-0.3, -0.25) is 19.3 Å². The van der Waals surface area contributed by atoms with E-state index >= 15 is 0 Å². The lowest BCUT2D eigenvalue weighted by molar-refractivity contribution is -0.127. The van der Waals surface area contributed by atoms with Crippen LogP contribution >= 0.6 is 11.5 Å². The topological polar surface area (TPSA) is 144 Å². The number of morpholine rings is 1. The largest absolute Gasteiger partial charge is 0.395 e. The van der Waals surface area contributed by atoms with Gasteiger partial charge in [-0.05, 0) is 44.8 Å². The van der Waals surface area contributed by atoms with Gasteiger partial charge < -0.3 is 26.4 Å². The quantitative estimate of drug-likeness (QED) is 0.497. The van der Waals surface area contributed by atoms with Crippen molar-refractivity contribution >= 4 is 34.9 Å². The fraction of sp³-hybridized carbons (Fsp3) is 0.500. The highest BCUT2D eigenvalue weighted by atomic mass is 32.1. The van der Waals surface area contributed by atoms with Crippen LogP contribution in [0.25, 0.3) is 0 Å². The van der Waals surface area contributed by atoms with E-state index in [2.05, 4.69) is 14.6 Å². The number of anilines is 1. The Hall–Kier alpha value is -3.02. The number of aromatic nitrogens is 1. The first kappa shape index (κ1) is 26.6. The minimum atomic E-state index is -0.915. The molecule has 1 aromatic heterocycles. The van der Waals surface area contributed by atoms with Gasteiger partial charge in [0.2, 0.25) is 5.91 Å². The van der Waals surface area contributed by atoms with Crippen LogP contribution < -0.4 is 16.8 Å². The number of carbonyl (C=O) groups is 3. The number of carbonyl (C=O) groups excluding carboxylic acids is 3. The molecule has 1 fully saturated rings. The first-order valence-corrected chi connectivity index (χ1v) is 12.3. The molecule has 10 nitrogen and oxygen atoms in total. The van der Waals surface area contributed by atoms with Crippen molar-refractivity contribution in [1.29, 1.82) is 0 Å². The predicted octanol–water partition coefficient (Wildman–Crippen LogP) is 1.56. The summed E-state index contributed by atoms with van der Waals surface area (Å²) >= 11 is 0.810. The van der Waals surface area contributed by atoms with Gasteiger partial charge in [0.25, 0.3) is 11.8 Å². The first-order valence-electron chi connectivity index (χ1n) is 11.5. The van der Waals surface area contributed by atoms with E-state index in [1.807, 2.05) is 52.0 Å². The summed E-state index contributed by atoms with van der Waals surface area (Å²) in [5.41, 5.74) is 12.4. The Bertz CT molecular complexity index is 1060. The number of hydrogen-bond acceptors (Lipinski definition) is 8. The maximum Gasteiger partial charge on any atom is 0.270 e. The average molecular weight is 503 g/mol. The zero-order valence-corrected chi connectivity index (χ0v) is 21.5. The van der Waals surface area contributed by atoms with Crippen LogP contribution in [0.5, 0.6) is 0 Å². The molecule has 3 rings (SSSR count). The number of hydrogen-bond donors (Lipinski definition) is 3. The molecule has 0 radical (unpaired) electrons. The van der Waals surface area contributed by atoms with E-state index in [0.717, 1.165) is 30.2 Å². The summed E-state index contributed by atoms with van der Waals surface area (Å²) in [6, 6.07) is 6.60. The zero-order chi connectivity index (χ0) is 25.8. The third-order valence-electron chi connectivity index (χ3n) is 5.63. The minimum absolute atomic E-state index is 0.0669. The molecular formula is C24H34N6O4S. The van der Waals surface area contributed by atoms with E-state index < -0.39 is 23.4 Å². The number of amides is 3. The second-order valence-electron chi connectivity index (χ2n) is 9.64. The number of nitrogens with zero attached hydrogens (tertiary/aromatic N) is 3. The Labute approximate surface area is 209 Å². The van der Waals surface area contributed by atoms with E-state index in [1.165, 1.54) is 4.90 Å². The minimum Gasteiger partial charge on any atom is -0.395 e. The number of nitrogens with two attached hydrogens (primary N) is 2. The number of primary amides is 1. The molecule has 1 saturated heterocycles. The third kappa shape index (κ3) is 6.77. The summed E-state index contributed by atoms with van der Waals surface area (Å²) in [5.74, 6) is -1.59. The van der Waals surface area contributed by atoms with Crippen LogP contribution in [-0.2, 0) is 9.53 Å². The van der Waals surface area contributed by atoms with E-state index in [0.29, 0.717) is 25.3 Å². The van der Waals surface area contributed by atoms with E-state index in [1.54, 1.807) is 0 Å². The Morgan fingerprint density at radius 2 is 1.83 bits per heavy atom. The van der Waals surface area contributed by atoms with Crippen molar-refractivity contribution < 1.29 is 19.1 Å². The lowest BCUT2D eigenvalue weighted by Crippen LogP contribution is -2.51. The van der Waals surface area contributed by atoms with Crippen LogP contribution in [0.4, 0.5) is 5.69 Å². The third-order valence-corrected chi connectivity index (χ3v) is 6.48. The number of ether oxygens (including phenoxy) is 1. The molecule has 2 aromatic rings. The second kappa shape index (κ2) is 11.1. The normalized spacial score (nSPS) is 15.4. The molecule has 1 atom stereocenters. The Morgan fingerprint density at radius 3 is 2.37 bits per heavy atom. The van der Waals surface area contributed by atoms with Gasteiger partial charge in [0.1, 0.15) is 10.9 Å². The van der Waals surface area contributed by atoms with Crippen LogP contribution in [0.3, 0.4) is 0 Å². The van der Waals surface area contributed by atoms with Gasteiger partial charge in [0.05, 0.1) is 18.9 Å². The molecule has 1 aliphatic heterocycles. The molecular weight excluding hydrogens is 468 g/mol. The zero-order valence-electron chi connectivity index (χ0n) is 20.7. The van der Waals surface area contributed by atoms with Crippen molar-refractivity contribution in [2.24, 2.45) is 5.73 Å². The Kier molecular flexibility index (Phi) is 8.47. The molecule has 35 heavy (non-hydrogen) atoms. The summed E-state index contributed by atoms with van der Waals surface area (Å²) < 4.78 is 9.42. The lowest BCUT2D eigenvalue weighted by Gasteiger charge is -2.35. The molecule has 0 spiro atoms. The fourth-order valence-corrected chi connectivity index (χ4v) is 4.60. The van der Waals surface area contributed by atoms with Gasteiger partial charge in [0.15, 0.2) is 5.69 Å². The van der Waals surface area contributed by atoms with Crippen molar-refractivity contribution in [2.75, 3.05) is 45.1 Å². The Balaban J connectivity index is 2.03. The number of nitrogen functional groups attached to an aromatic ring is 1. The first-order chi connectivity index (χ1) is 16.5. The summed E-state index contributed by atoms with van der Waals surface area (Å²) in [5, 5.41) is 3.01.